The minimum atomic E-state index is -4.43. The van der Waals surface area contributed by atoms with Crippen LogP contribution in [0.25, 0.3) is 0 Å². The molecule has 24 heavy (non-hydrogen) atoms. The molecule has 0 aliphatic carbocycles. The predicted molar refractivity (Wildman–Crippen MR) is 87.5 cm³/mol. The van der Waals surface area contributed by atoms with E-state index >= 15 is 0 Å². The number of benzene rings is 2. The van der Waals surface area contributed by atoms with Gasteiger partial charge in [-0.05, 0) is 30.3 Å². The fraction of sp³-hybridized carbons (Fsp3) is 0.278. The van der Waals surface area contributed by atoms with E-state index in [1.54, 1.807) is 0 Å². The maximum atomic E-state index is 12.7. The summed E-state index contributed by atoms with van der Waals surface area (Å²) < 4.78 is 38.1. The van der Waals surface area contributed by atoms with Crippen molar-refractivity contribution in [3.63, 3.8) is 0 Å². The number of rotatable bonds is 6. The zero-order valence-corrected chi connectivity index (χ0v) is 13.3. The summed E-state index contributed by atoms with van der Waals surface area (Å²) in [5, 5.41) is 2.52. The Balaban J connectivity index is 1.96. The Kier molecular flexibility index (Phi) is 5.98. The number of hydrogen-bond donors (Lipinski definition) is 1. The summed E-state index contributed by atoms with van der Waals surface area (Å²) in [4.78, 5) is 14.0. The SMILES string of the molecule is CCN(CC(=O)Nc1cccc(C(F)(F)F)c1)Cc1ccccc1. The molecule has 0 aliphatic rings. The molecular weight excluding hydrogens is 317 g/mol. The predicted octanol–water partition coefficient (Wildman–Crippen LogP) is 4.17. The maximum absolute atomic E-state index is 12.7. The van der Waals surface area contributed by atoms with Gasteiger partial charge in [0, 0.05) is 12.2 Å². The summed E-state index contributed by atoms with van der Waals surface area (Å²) in [6, 6.07) is 14.3. The van der Waals surface area contributed by atoms with Gasteiger partial charge in [0.2, 0.25) is 5.91 Å². The normalized spacial score (nSPS) is 11.5. The van der Waals surface area contributed by atoms with Crippen LogP contribution in [0.5, 0.6) is 0 Å². The van der Waals surface area contributed by atoms with Gasteiger partial charge in [-0.15, -0.1) is 0 Å². The second-order valence-electron chi connectivity index (χ2n) is 5.42. The van der Waals surface area contributed by atoms with Crippen molar-refractivity contribution in [1.82, 2.24) is 4.90 Å². The van der Waals surface area contributed by atoms with E-state index in [9.17, 15) is 18.0 Å². The third-order valence-corrected chi connectivity index (χ3v) is 3.54. The first kappa shape index (κ1) is 18.0. The number of carbonyl (C=O) groups excluding carboxylic acids is 1. The lowest BCUT2D eigenvalue weighted by atomic mass is 10.2. The molecule has 128 valence electrons. The monoisotopic (exact) mass is 336 g/mol. The standard InChI is InChI=1S/C18H19F3N2O/c1-2-23(12-14-7-4-3-5-8-14)13-17(24)22-16-10-6-9-15(11-16)18(19,20)21/h3-11H,2,12-13H2,1H3,(H,22,24). The lowest BCUT2D eigenvalue weighted by Crippen LogP contribution is -2.32. The van der Waals surface area contributed by atoms with E-state index in [1.165, 1.54) is 12.1 Å². The molecule has 0 saturated heterocycles. The quantitative estimate of drug-likeness (QED) is 0.859. The summed E-state index contributed by atoms with van der Waals surface area (Å²) in [6.45, 7) is 3.31. The molecule has 6 heteroatoms. The molecule has 0 fully saturated rings. The van der Waals surface area contributed by atoms with Crippen molar-refractivity contribution in [1.29, 1.82) is 0 Å². The smallest absolute Gasteiger partial charge is 0.325 e. The molecule has 0 heterocycles. The summed E-state index contributed by atoms with van der Waals surface area (Å²) in [5.74, 6) is -0.341. The Morgan fingerprint density at radius 2 is 1.79 bits per heavy atom. The van der Waals surface area contributed by atoms with Gasteiger partial charge in [0.1, 0.15) is 0 Å². The Labute approximate surface area is 139 Å². The number of hydrogen-bond acceptors (Lipinski definition) is 2. The van der Waals surface area contributed by atoms with E-state index < -0.39 is 11.7 Å². The fourth-order valence-corrected chi connectivity index (χ4v) is 2.30. The minimum absolute atomic E-state index is 0.113. The molecule has 0 spiro atoms. The molecule has 0 atom stereocenters. The van der Waals surface area contributed by atoms with Gasteiger partial charge in [-0.1, -0.05) is 43.3 Å². The number of anilines is 1. The van der Waals surface area contributed by atoms with Crippen LogP contribution in [0.15, 0.2) is 54.6 Å². The second kappa shape index (κ2) is 7.97. The van der Waals surface area contributed by atoms with Crippen molar-refractivity contribution in [2.45, 2.75) is 19.6 Å². The molecule has 0 unspecified atom stereocenters. The third kappa shape index (κ3) is 5.38. The molecule has 3 nitrogen and oxygen atoms in total. The van der Waals surface area contributed by atoms with Crippen LogP contribution in [0, 0.1) is 0 Å². The molecule has 0 radical (unpaired) electrons. The number of likely N-dealkylation sites (N-methyl/N-ethyl adjacent to an activating group) is 1. The topological polar surface area (TPSA) is 32.3 Å². The molecule has 0 aliphatic heterocycles. The van der Waals surface area contributed by atoms with E-state index in [4.69, 9.17) is 0 Å². The van der Waals surface area contributed by atoms with Crippen LogP contribution in [0.4, 0.5) is 18.9 Å². The van der Waals surface area contributed by atoms with Crippen molar-refractivity contribution >= 4 is 11.6 Å². The van der Waals surface area contributed by atoms with Crippen LogP contribution >= 0.6 is 0 Å². The summed E-state index contributed by atoms with van der Waals surface area (Å²) >= 11 is 0. The molecule has 0 bridgehead atoms. The zero-order chi connectivity index (χ0) is 17.6. The number of amides is 1. The highest BCUT2D eigenvalue weighted by atomic mass is 19.4. The van der Waals surface area contributed by atoms with Gasteiger partial charge in [-0.3, -0.25) is 9.69 Å². The van der Waals surface area contributed by atoms with Crippen LogP contribution in [-0.2, 0) is 17.5 Å². The van der Waals surface area contributed by atoms with Crippen LogP contribution in [0.2, 0.25) is 0 Å². The molecule has 1 amide bonds. The van der Waals surface area contributed by atoms with Gasteiger partial charge in [0.05, 0.1) is 12.1 Å². The molecule has 0 saturated carbocycles. The fourth-order valence-electron chi connectivity index (χ4n) is 2.30. The third-order valence-electron chi connectivity index (χ3n) is 3.54. The van der Waals surface area contributed by atoms with E-state index in [0.29, 0.717) is 13.1 Å². The summed E-state index contributed by atoms with van der Waals surface area (Å²) in [5.41, 5.74) is 0.439. The van der Waals surface area contributed by atoms with Crippen molar-refractivity contribution < 1.29 is 18.0 Å². The highest BCUT2D eigenvalue weighted by Crippen LogP contribution is 2.30. The Hall–Kier alpha value is -2.34. The van der Waals surface area contributed by atoms with E-state index in [1.807, 2.05) is 42.2 Å². The van der Waals surface area contributed by atoms with Crippen molar-refractivity contribution in [3.8, 4) is 0 Å². The van der Waals surface area contributed by atoms with Gasteiger partial charge in [-0.25, -0.2) is 0 Å². The minimum Gasteiger partial charge on any atom is -0.325 e. The Bertz CT molecular complexity index is 671. The van der Waals surface area contributed by atoms with Crippen LogP contribution < -0.4 is 5.32 Å². The van der Waals surface area contributed by atoms with Crippen LogP contribution in [-0.4, -0.2) is 23.9 Å². The largest absolute Gasteiger partial charge is 0.416 e. The van der Waals surface area contributed by atoms with Gasteiger partial charge in [-0.2, -0.15) is 13.2 Å². The zero-order valence-electron chi connectivity index (χ0n) is 13.3. The molecule has 0 aromatic heterocycles. The maximum Gasteiger partial charge on any atom is 0.416 e. The van der Waals surface area contributed by atoms with E-state index in [2.05, 4.69) is 5.32 Å². The van der Waals surface area contributed by atoms with E-state index in [0.717, 1.165) is 17.7 Å². The first-order chi connectivity index (χ1) is 11.4. The lowest BCUT2D eigenvalue weighted by molar-refractivity contribution is -0.137. The van der Waals surface area contributed by atoms with Crippen molar-refractivity contribution in [3.05, 3.63) is 65.7 Å². The second-order valence-corrected chi connectivity index (χ2v) is 5.42. The van der Waals surface area contributed by atoms with E-state index in [-0.39, 0.29) is 18.1 Å². The summed E-state index contributed by atoms with van der Waals surface area (Å²) in [7, 11) is 0. The summed E-state index contributed by atoms with van der Waals surface area (Å²) in [6.07, 6.45) is -4.43. The van der Waals surface area contributed by atoms with Gasteiger partial charge < -0.3 is 5.32 Å². The first-order valence-electron chi connectivity index (χ1n) is 7.62. The van der Waals surface area contributed by atoms with Crippen molar-refractivity contribution in [2.24, 2.45) is 0 Å². The average Bonchev–Trinajstić information content (AvgIpc) is 2.54. The first-order valence-corrected chi connectivity index (χ1v) is 7.62. The molecule has 2 aromatic carbocycles. The number of halogens is 3. The van der Waals surface area contributed by atoms with Crippen LogP contribution in [0.3, 0.4) is 0 Å². The van der Waals surface area contributed by atoms with Crippen molar-refractivity contribution in [2.75, 3.05) is 18.4 Å². The van der Waals surface area contributed by atoms with Gasteiger partial charge in [0.15, 0.2) is 0 Å². The molecule has 2 aromatic rings. The molecule has 2 rings (SSSR count). The number of nitrogens with one attached hydrogen (secondary N) is 1. The number of nitrogens with zero attached hydrogens (tertiary/aromatic N) is 1. The van der Waals surface area contributed by atoms with Crippen LogP contribution in [0.1, 0.15) is 18.1 Å². The average molecular weight is 336 g/mol. The Morgan fingerprint density at radius 1 is 1.08 bits per heavy atom. The number of alkyl halides is 3. The highest BCUT2D eigenvalue weighted by molar-refractivity contribution is 5.92. The number of carbonyl (C=O) groups is 1. The Morgan fingerprint density at radius 3 is 2.42 bits per heavy atom. The highest BCUT2D eigenvalue weighted by Gasteiger charge is 2.30. The van der Waals surface area contributed by atoms with Gasteiger partial charge in [0.25, 0.3) is 0 Å². The lowest BCUT2D eigenvalue weighted by Gasteiger charge is -2.20. The molecule has 1 N–H and O–H groups in total. The molecular formula is C18H19F3N2O. The van der Waals surface area contributed by atoms with Gasteiger partial charge >= 0.3 is 6.18 Å².